The van der Waals surface area contributed by atoms with E-state index in [-0.39, 0.29) is 33.1 Å². The highest BCUT2D eigenvalue weighted by Gasteiger charge is 2.22. The van der Waals surface area contributed by atoms with Crippen LogP contribution in [0.5, 0.6) is 0 Å². The molecule has 12 heteroatoms. The summed E-state index contributed by atoms with van der Waals surface area (Å²) in [5.41, 5.74) is -0.315. The minimum absolute atomic E-state index is 0.0142. The first-order chi connectivity index (χ1) is 12.7. The molecule has 0 aliphatic rings. The van der Waals surface area contributed by atoms with E-state index in [1.165, 1.54) is 31.4 Å². The van der Waals surface area contributed by atoms with Crippen molar-refractivity contribution >= 4 is 57.2 Å². The molecule has 0 aliphatic heterocycles. The molecule has 2 N–H and O–H groups in total. The molecular formula is C15H13ClN4O6S. The average Bonchev–Trinajstić information content (AvgIpc) is 3.04. The van der Waals surface area contributed by atoms with Gasteiger partial charge in [0.1, 0.15) is 0 Å². The summed E-state index contributed by atoms with van der Waals surface area (Å²) >= 11 is 6.93. The zero-order valence-electron chi connectivity index (χ0n) is 14.0. The molecule has 0 bridgehead atoms. The topological polar surface area (TPSA) is 141 Å². The monoisotopic (exact) mass is 412 g/mol. The van der Waals surface area contributed by atoms with Crippen molar-refractivity contribution in [1.29, 1.82) is 0 Å². The number of nitro benzene ring substituents is 1. The number of hydrogen-bond donors (Lipinski definition) is 2. The molecule has 1 aromatic heterocycles. The van der Waals surface area contributed by atoms with E-state index >= 15 is 0 Å². The maximum atomic E-state index is 12.2. The summed E-state index contributed by atoms with van der Waals surface area (Å²) in [6.45, 7) is 2.62. The number of nitro groups is 1. The van der Waals surface area contributed by atoms with E-state index in [2.05, 4.69) is 15.6 Å². The number of non-ortho nitro benzene ring substituents is 1. The molecule has 1 heterocycles. The Bertz CT molecular complexity index is 915. The Morgan fingerprint density at radius 1 is 1.33 bits per heavy atom. The molecule has 0 aliphatic carbocycles. The SMILES string of the molecule is CC(=O)Nc1nc(C(=O)OC(C)C(=O)Nc2cc([N+](=O)[O-])ccc2Cl)cs1. The van der Waals surface area contributed by atoms with E-state index in [4.69, 9.17) is 16.3 Å². The Labute approximate surface area is 161 Å². The van der Waals surface area contributed by atoms with Crippen LogP contribution in [0.4, 0.5) is 16.5 Å². The molecule has 2 amide bonds. The third kappa shape index (κ3) is 5.46. The van der Waals surface area contributed by atoms with Gasteiger partial charge in [-0.3, -0.25) is 19.7 Å². The number of carbonyl (C=O) groups is 3. The highest BCUT2D eigenvalue weighted by Crippen LogP contribution is 2.27. The molecule has 0 saturated carbocycles. The van der Waals surface area contributed by atoms with E-state index in [1.807, 2.05) is 0 Å². The Morgan fingerprint density at radius 3 is 2.67 bits per heavy atom. The number of anilines is 2. The van der Waals surface area contributed by atoms with Gasteiger partial charge in [-0.15, -0.1) is 11.3 Å². The van der Waals surface area contributed by atoms with Crippen molar-refractivity contribution in [3.05, 3.63) is 44.4 Å². The molecule has 1 unspecified atom stereocenters. The zero-order valence-corrected chi connectivity index (χ0v) is 15.6. The molecule has 0 saturated heterocycles. The molecule has 142 valence electrons. The maximum absolute atomic E-state index is 12.2. The highest BCUT2D eigenvalue weighted by atomic mass is 35.5. The number of nitrogens with zero attached hydrogens (tertiary/aromatic N) is 2. The predicted molar refractivity (Wildman–Crippen MR) is 98.0 cm³/mol. The summed E-state index contributed by atoms with van der Waals surface area (Å²) in [5.74, 6) is -1.94. The molecule has 1 atom stereocenters. The second-order valence-electron chi connectivity index (χ2n) is 5.18. The number of ether oxygens (including phenoxy) is 1. The van der Waals surface area contributed by atoms with Gasteiger partial charge in [-0.1, -0.05) is 11.6 Å². The van der Waals surface area contributed by atoms with Crippen LogP contribution in [0.2, 0.25) is 5.02 Å². The van der Waals surface area contributed by atoms with E-state index in [0.717, 1.165) is 17.4 Å². The van der Waals surface area contributed by atoms with Gasteiger partial charge >= 0.3 is 5.97 Å². The van der Waals surface area contributed by atoms with E-state index in [1.54, 1.807) is 0 Å². The number of halogens is 1. The third-order valence-corrected chi connectivity index (χ3v) is 4.16. The molecule has 27 heavy (non-hydrogen) atoms. The van der Waals surface area contributed by atoms with Gasteiger partial charge in [-0.2, -0.15) is 0 Å². The molecule has 0 spiro atoms. The van der Waals surface area contributed by atoms with Crippen molar-refractivity contribution in [2.75, 3.05) is 10.6 Å². The van der Waals surface area contributed by atoms with Crippen LogP contribution in [-0.2, 0) is 14.3 Å². The second kappa shape index (κ2) is 8.56. The van der Waals surface area contributed by atoms with Crippen molar-refractivity contribution in [3.63, 3.8) is 0 Å². The lowest BCUT2D eigenvalue weighted by Gasteiger charge is -2.13. The minimum atomic E-state index is -1.22. The summed E-state index contributed by atoms with van der Waals surface area (Å²) in [4.78, 5) is 49.2. The largest absolute Gasteiger partial charge is 0.448 e. The van der Waals surface area contributed by atoms with Crippen LogP contribution in [-0.4, -0.2) is 33.8 Å². The summed E-state index contributed by atoms with van der Waals surface area (Å²) in [5, 5.41) is 17.3. The fraction of sp³-hybridized carbons (Fsp3) is 0.200. The Hall–Kier alpha value is -3.05. The molecule has 2 rings (SSSR count). The highest BCUT2D eigenvalue weighted by molar-refractivity contribution is 7.14. The number of nitrogens with one attached hydrogen (secondary N) is 2. The first-order valence-electron chi connectivity index (χ1n) is 7.36. The molecule has 1 aromatic carbocycles. The van der Waals surface area contributed by atoms with Crippen LogP contribution < -0.4 is 10.6 Å². The minimum Gasteiger partial charge on any atom is -0.448 e. The second-order valence-corrected chi connectivity index (χ2v) is 6.44. The van der Waals surface area contributed by atoms with Crippen molar-refractivity contribution in [3.8, 4) is 0 Å². The first-order valence-corrected chi connectivity index (χ1v) is 8.62. The Morgan fingerprint density at radius 2 is 2.04 bits per heavy atom. The number of amides is 2. The third-order valence-electron chi connectivity index (χ3n) is 3.07. The number of benzene rings is 1. The van der Waals surface area contributed by atoms with Crippen molar-refractivity contribution in [1.82, 2.24) is 4.98 Å². The predicted octanol–water partition coefficient (Wildman–Crippen LogP) is 2.85. The fourth-order valence-electron chi connectivity index (χ4n) is 1.81. The lowest BCUT2D eigenvalue weighted by atomic mass is 10.2. The van der Waals surface area contributed by atoms with Gasteiger partial charge in [0, 0.05) is 24.4 Å². The molecule has 0 radical (unpaired) electrons. The van der Waals surface area contributed by atoms with E-state index in [9.17, 15) is 24.5 Å². The van der Waals surface area contributed by atoms with Gasteiger partial charge in [-0.25, -0.2) is 9.78 Å². The van der Waals surface area contributed by atoms with E-state index in [0.29, 0.717) is 0 Å². The number of carbonyl (C=O) groups excluding carboxylic acids is 3. The maximum Gasteiger partial charge on any atom is 0.358 e. The molecular weight excluding hydrogens is 400 g/mol. The quantitative estimate of drug-likeness (QED) is 0.422. The lowest BCUT2D eigenvalue weighted by Crippen LogP contribution is -2.30. The van der Waals surface area contributed by atoms with Crippen LogP contribution in [0.3, 0.4) is 0 Å². The van der Waals surface area contributed by atoms with Gasteiger partial charge < -0.3 is 15.4 Å². The van der Waals surface area contributed by atoms with Crippen LogP contribution in [0.25, 0.3) is 0 Å². The normalized spacial score (nSPS) is 11.4. The summed E-state index contributed by atoms with van der Waals surface area (Å²) in [7, 11) is 0. The van der Waals surface area contributed by atoms with E-state index < -0.39 is 22.9 Å². The summed E-state index contributed by atoms with van der Waals surface area (Å²) in [6.07, 6.45) is -1.22. The standard InChI is InChI=1S/C15H13ClN4O6S/c1-7(26-14(23)12-6-27-15(19-12)17-8(2)21)13(22)18-11-5-9(20(24)25)3-4-10(11)16/h3-7H,1-2H3,(H,18,22)(H,17,19,21). The van der Waals surface area contributed by atoms with Gasteiger partial charge in [0.2, 0.25) is 5.91 Å². The van der Waals surface area contributed by atoms with Gasteiger partial charge in [0.15, 0.2) is 16.9 Å². The van der Waals surface area contributed by atoms with Gasteiger partial charge in [-0.05, 0) is 13.0 Å². The van der Waals surface area contributed by atoms with Crippen molar-refractivity contribution in [2.24, 2.45) is 0 Å². The number of aromatic nitrogens is 1. The van der Waals surface area contributed by atoms with Gasteiger partial charge in [0.25, 0.3) is 11.6 Å². The Balaban J connectivity index is 2.02. The van der Waals surface area contributed by atoms with Crippen LogP contribution in [0, 0.1) is 10.1 Å². The summed E-state index contributed by atoms with van der Waals surface area (Å²) < 4.78 is 5.01. The number of thiazole rings is 1. The smallest absolute Gasteiger partial charge is 0.358 e. The van der Waals surface area contributed by atoms with Crippen LogP contribution in [0.15, 0.2) is 23.6 Å². The van der Waals surface area contributed by atoms with Crippen molar-refractivity contribution < 1.29 is 24.0 Å². The average molecular weight is 413 g/mol. The molecule has 2 aromatic rings. The van der Waals surface area contributed by atoms with Gasteiger partial charge in [0.05, 0.1) is 15.6 Å². The number of rotatable bonds is 6. The first kappa shape index (κ1) is 20.3. The van der Waals surface area contributed by atoms with Crippen LogP contribution in [0.1, 0.15) is 24.3 Å². The Kier molecular flexibility index (Phi) is 6.42. The summed E-state index contributed by atoms with van der Waals surface area (Å²) in [6, 6.07) is 3.55. The van der Waals surface area contributed by atoms with Crippen molar-refractivity contribution in [2.45, 2.75) is 20.0 Å². The molecule has 10 nitrogen and oxygen atoms in total. The van der Waals surface area contributed by atoms with Crippen LogP contribution >= 0.6 is 22.9 Å². The fourth-order valence-corrected chi connectivity index (χ4v) is 2.70. The zero-order chi connectivity index (χ0) is 20.1. The number of esters is 1. The lowest BCUT2D eigenvalue weighted by molar-refractivity contribution is -0.384. The molecule has 0 fully saturated rings. The number of hydrogen-bond acceptors (Lipinski definition) is 8.